The molecule has 4 N–H and O–H groups in total. The number of nitrogens with one attached hydrogen (secondary N) is 2. The maximum absolute atomic E-state index is 14.4. The number of ether oxygens (including phenoxy) is 2. The lowest BCUT2D eigenvalue weighted by Gasteiger charge is -2.25. The Morgan fingerprint density at radius 2 is 1.15 bits per heavy atom. The Kier molecular flexibility index (Phi) is 13.4. The highest BCUT2D eigenvalue weighted by Crippen LogP contribution is 2.32. The van der Waals surface area contributed by atoms with Crippen molar-refractivity contribution < 1.29 is 55.1 Å². The van der Waals surface area contributed by atoms with Crippen LogP contribution in [0.1, 0.15) is 26.7 Å². The van der Waals surface area contributed by atoms with Crippen molar-refractivity contribution in [1.29, 1.82) is 0 Å². The lowest BCUT2D eigenvalue weighted by atomic mass is 10.0. The van der Waals surface area contributed by atoms with Crippen LogP contribution in [0.25, 0.3) is 44.1 Å². The molecular formula is C41H45F2N5O10S2. The molecule has 0 saturated heterocycles. The van der Waals surface area contributed by atoms with Crippen molar-refractivity contribution in [1.82, 2.24) is 25.3 Å². The van der Waals surface area contributed by atoms with Crippen LogP contribution in [-0.4, -0.2) is 89.6 Å². The van der Waals surface area contributed by atoms with Gasteiger partial charge in [0.1, 0.15) is 23.1 Å². The standard InChI is InChI=1S/C21H23FN2O5S.C20H22FN3O5S/c1-21(20(25)23-26,30(3,27)28)9-11-24-10-8-15-12-14(4-7-19(15)24)17-6-5-16(29-2)13-18(17)22;1-20(19(25)23-26,30(3,27)28)8-9-24-18-7-4-13(10-14(18)12-22-24)16-6-5-15(29-2)11-17(16)21/h4-8,10,12-13,26H,9,11H2,1-3H3,(H,23,25);4-7,10-12,26H,8-9H2,1-3H3,(H,23,25)/t21-;20-/m11/s1. The molecule has 15 nitrogen and oxygen atoms in total. The molecule has 0 saturated carbocycles. The van der Waals surface area contributed by atoms with E-state index in [1.54, 1.807) is 65.6 Å². The molecule has 2 atom stereocenters. The number of hydroxylamine groups is 2. The molecule has 6 aromatic rings. The summed E-state index contributed by atoms with van der Waals surface area (Å²) >= 11 is 0. The monoisotopic (exact) mass is 869 g/mol. The van der Waals surface area contributed by atoms with Gasteiger partial charge >= 0.3 is 0 Å². The zero-order valence-corrected chi connectivity index (χ0v) is 35.2. The van der Waals surface area contributed by atoms with Crippen molar-refractivity contribution in [3.63, 3.8) is 0 Å². The summed E-state index contributed by atoms with van der Waals surface area (Å²) in [5.74, 6) is -1.93. The Balaban J connectivity index is 0.000000228. The van der Waals surface area contributed by atoms with Gasteiger partial charge in [0.2, 0.25) is 0 Å². The third kappa shape index (κ3) is 9.13. The van der Waals surface area contributed by atoms with Gasteiger partial charge in [0.05, 0.1) is 25.9 Å². The number of carbonyl (C=O) groups excluding carboxylic acids is 2. The number of methoxy groups -OCH3 is 2. The quantitative estimate of drug-likeness (QED) is 0.0771. The van der Waals surface area contributed by atoms with E-state index in [-0.39, 0.29) is 25.9 Å². The third-order valence-corrected chi connectivity index (χ3v) is 14.9. The van der Waals surface area contributed by atoms with Crippen LogP contribution >= 0.6 is 0 Å². The molecule has 0 fully saturated rings. The first-order valence-corrected chi connectivity index (χ1v) is 22.0. The van der Waals surface area contributed by atoms with Crippen molar-refractivity contribution in [2.75, 3.05) is 26.7 Å². The van der Waals surface area contributed by atoms with E-state index >= 15 is 0 Å². The first-order valence-electron chi connectivity index (χ1n) is 18.2. The summed E-state index contributed by atoms with van der Waals surface area (Å²) in [4.78, 5) is 24.0. The van der Waals surface area contributed by atoms with Crippen LogP contribution in [0.4, 0.5) is 8.78 Å². The molecule has 0 unspecified atom stereocenters. The molecule has 0 radical (unpaired) electrons. The molecule has 2 aromatic heterocycles. The molecule has 0 aliphatic heterocycles. The van der Waals surface area contributed by atoms with Crippen LogP contribution in [0.5, 0.6) is 11.5 Å². The Morgan fingerprint density at radius 3 is 1.60 bits per heavy atom. The molecule has 0 spiro atoms. The fourth-order valence-corrected chi connectivity index (χ4v) is 8.22. The van der Waals surface area contributed by atoms with E-state index in [0.717, 1.165) is 28.8 Å². The molecule has 0 aliphatic rings. The van der Waals surface area contributed by atoms with E-state index in [0.29, 0.717) is 39.3 Å². The molecule has 0 aliphatic carbocycles. The predicted octanol–water partition coefficient (Wildman–Crippen LogP) is 5.70. The lowest BCUT2D eigenvalue weighted by molar-refractivity contribution is -0.132. The number of nitrogens with zero attached hydrogens (tertiary/aromatic N) is 3. The number of fused-ring (bicyclic) bond motifs is 2. The van der Waals surface area contributed by atoms with Gasteiger partial charge < -0.3 is 14.0 Å². The number of rotatable bonds is 14. The first-order chi connectivity index (χ1) is 28.2. The second-order valence-electron chi connectivity index (χ2n) is 14.5. The van der Waals surface area contributed by atoms with Crippen molar-refractivity contribution >= 4 is 53.3 Å². The number of hydrogen-bond donors (Lipinski definition) is 4. The highest BCUT2D eigenvalue weighted by Gasteiger charge is 2.44. The van der Waals surface area contributed by atoms with E-state index < -0.39 is 52.6 Å². The van der Waals surface area contributed by atoms with Gasteiger partial charge in [-0.2, -0.15) is 5.10 Å². The molecule has 6 rings (SSSR count). The Labute approximate surface area is 345 Å². The zero-order valence-electron chi connectivity index (χ0n) is 33.6. The number of benzene rings is 4. The Morgan fingerprint density at radius 1 is 0.683 bits per heavy atom. The summed E-state index contributed by atoms with van der Waals surface area (Å²) in [7, 11) is -4.63. The molecule has 2 amide bonds. The van der Waals surface area contributed by atoms with E-state index in [9.17, 15) is 35.2 Å². The third-order valence-electron chi connectivity index (χ3n) is 10.8. The minimum absolute atomic E-state index is 0.0309. The van der Waals surface area contributed by atoms with Crippen LogP contribution in [0, 0.1) is 11.6 Å². The highest BCUT2D eigenvalue weighted by atomic mass is 32.2. The number of amides is 2. The largest absolute Gasteiger partial charge is 0.497 e. The van der Waals surface area contributed by atoms with Gasteiger partial charge in [-0.1, -0.05) is 12.1 Å². The van der Waals surface area contributed by atoms with Crippen LogP contribution in [-0.2, 0) is 42.4 Å². The van der Waals surface area contributed by atoms with Crippen LogP contribution in [0.3, 0.4) is 0 Å². The zero-order chi connectivity index (χ0) is 44.2. The number of halogens is 2. The number of aromatic nitrogens is 3. The van der Waals surface area contributed by atoms with Gasteiger partial charge in [0, 0.05) is 71.3 Å². The number of carbonyl (C=O) groups is 2. The van der Waals surface area contributed by atoms with Crippen LogP contribution in [0.15, 0.2) is 91.3 Å². The average molecular weight is 870 g/mol. The molecule has 0 bridgehead atoms. The highest BCUT2D eigenvalue weighted by molar-refractivity contribution is 7.93. The molecule has 4 aromatic carbocycles. The fourth-order valence-electron chi connectivity index (χ4n) is 6.53. The SMILES string of the molecule is COc1ccc(-c2ccc3c(ccn3CC[C@](C)(C(=O)NO)S(C)(=O)=O)c2)c(F)c1.COc1ccc(-c2ccc3c(cnn3CC[C@](C)(C(=O)NO)S(C)(=O)=O)c2)c(F)c1. The maximum Gasteiger partial charge on any atom is 0.264 e. The Bertz CT molecular complexity index is 2600. The van der Waals surface area contributed by atoms with Crippen molar-refractivity contribution in [3.05, 3.63) is 103 Å². The second-order valence-corrected chi connectivity index (χ2v) is 19.4. The van der Waals surface area contributed by atoms with Crippen LogP contribution in [0.2, 0.25) is 0 Å². The summed E-state index contributed by atoms with van der Waals surface area (Å²) in [5.41, 5.74) is 6.59. The minimum atomic E-state index is -3.80. The smallest absolute Gasteiger partial charge is 0.264 e. The van der Waals surface area contributed by atoms with Gasteiger partial charge in [0.25, 0.3) is 11.8 Å². The first kappa shape index (κ1) is 45.2. The number of sulfone groups is 2. The summed E-state index contributed by atoms with van der Waals surface area (Å²) in [5, 5.41) is 23.7. The van der Waals surface area contributed by atoms with E-state index in [4.69, 9.17) is 19.9 Å². The molecule has 320 valence electrons. The summed E-state index contributed by atoms with van der Waals surface area (Å²) in [6.07, 6.45) is 5.15. The van der Waals surface area contributed by atoms with E-state index in [1.807, 2.05) is 22.8 Å². The summed E-state index contributed by atoms with van der Waals surface area (Å²) < 4.78 is 87.1. The van der Waals surface area contributed by atoms with Crippen molar-refractivity contribution in [2.45, 2.75) is 49.3 Å². The Hall–Kier alpha value is -5.89. The van der Waals surface area contributed by atoms with Gasteiger partial charge in [0.15, 0.2) is 29.2 Å². The molecule has 60 heavy (non-hydrogen) atoms. The van der Waals surface area contributed by atoms with Crippen molar-refractivity contribution in [2.24, 2.45) is 0 Å². The topological polar surface area (TPSA) is 208 Å². The normalized spacial score (nSPS) is 13.8. The van der Waals surface area contributed by atoms with Gasteiger partial charge in [-0.25, -0.2) is 36.6 Å². The summed E-state index contributed by atoms with van der Waals surface area (Å²) in [6, 6.07) is 21.8. The van der Waals surface area contributed by atoms with E-state index in [1.165, 1.54) is 51.2 Å². The average Bonchev–Trinajstić information content (AvgIpc) is 3.83. The fraction of sp³-hybridized carbons (Fsp3) is 0.293. The van der Waals surface area contributed by atoms with Gasteiger partial charge in [-0.05, 0) is 92.4 Å². The number of aryl methyl sites for hydroxylation is 2. The maximum atomic E-state index is 14.4. The van der Waals surface area contributed by atoms with Crippen LogP contribution < -0.4 is 20.4 Å². The van der Waals surface area contributed by atoms with Gasteiger partial charge in [-0.15, -0.1) is 0 Å². The lowest BCUT2D eigenvalue weighted by Crippen LogP contribution is -2.49. The molecule has 2 heterocycles. The number of hydrogen-bond acceptors (Lipinski definition) is 11. The molecule has 19 heteroatoms. The second kappa shape index (κ2) is 17.8. The molecular weight excluding hydrogens is 825 g/mol. The minimum Gasteiger partial charge on any atom is -0.497 e. The summed E-state index contributed by atoms with van der Waals surface area (Å²) in [6.45, 7) is 2.89. The predicted molar refractivity (Wildman–Crippen MR) is 221 cm³/mol. The van der Waals surface area contributed by atoms with Gasteiger partial charge in [-0.3, -0.25) is 24.7 Å². The van der Waals surface area contributed by atoms with Crippen molar-refractivity contribution in [3.8, 4) is 33.8 Å². The van der Waals surface area contributed by atoms with E-state index in [2.05, 4.69) is 5.10 Å².